The number of rotatable bonds is 6. The van der Waals surface area contributed by atoms with Crippen molar-refractivity contribution in [2.24, 2.45) is 0 Å². The van der Waals surface area contributed by atoms with E-state index >= 15 is 0 Å². The number of hydrogen-bond donors (Lipinski definition) is 2. The fourth-order valence-electron chi connectivity index (χ4n) is 4.53. The normalized spacial score (nSPS) is 13.5. The smallest absolute Gasteiger partial charge is 0.418 e. The van der Waals surface area contributed by atoms with Gasteiger partial charge in [-0.2, -0.15) is 27.8 Å². The minimum Gasteiger partial charge on any atom is -0.461 e. The molecular weight excluding hydrogens is 527 g/mol. The maximum Gasteiger partial charge on any atom is 0.418 e. The number of halogens is 3. The van der Waals surface area contributed by atoms with Crippen molar-refractivity contribution in [1.29, 1.82) is 0 Å². The van der Waals surface area contributed by atoms with E-state index in [-0.39, 0.29) is 23.1 Å². The first-order chi connectivity index (χ1) is 19.2. The van der Waals surface area contributed by atoms with Crippen molar-refractivity contribution in [2.75, 3.05) is 5.73 Å². The van der Waals surface area contributed by atoms with Crippen LogP contribution >= 0.6 is 0 Å². The van der Waals surface area contributed by atoms with Crippen molar-refractivity contribution in [1.82, 2.24) is 39.7 Å². The number of carbonyl (C=O) groups excluding carboxylic acids is 1. The Morgan fingerprint density at radius 1 is 1.05 bits per heavy atom. The molecular formula is C26H20F3N9O2. The Kier molecular flexibility index (Phi) is 5.75. The van der Waals surface area contributed by atoms with Crippen molar-refractivity contribution in [3.05, 3.63) is 90.1 Å². The number of amides is 1. The first kappa shape index (κ1) is 25.0. The van der Waals surface area contributed by atoms with E-state index in [9.17, 15) is 18.0 Å². The van der Waals surface area contributed by atoms with Gasteiger partial charge in [-0.1, -0.05) is 30.3 Å². The molecule has 1 atom stereocenters. The van der Waals surface area contributed by atoms with E-state index < -0.39 is 29.7 Å². The monoisotopic (exact) mass is 547 g/mol. The van der Waals surface area contributed by atoms with Crippen LogP contribution in [0.1, 0.15) is 23.7 Å². The number of benzene rings is 1. The zero-order chi connectivity index (χ0) is 28.1. The summed E-state index contributed by atoms with van der Waals surface area (Å²) in [6, 6.07) is 14.2. The van der Waals surface area contributed by atoms with Crippen LogP contribution in [0.5, 0.6) is 0 Å². The highest BCUT2D eigenvalue weighted by molar-refractivity contribution is 5.94. The standard InChI is InChI=1S/C26H20F3N9O2/c1-25(15-7-3-2-4-8-15,23(39)32-14-18-17(26(27,28)29)9-5-11-31-18)38-22-16(13-33-38)21-34-20(19-10-6-12-40-19)36-37(21)24(30)35-22/h2-13H,14H2,1H3,(H2,30,35)(H,32,39)/t25-/m1/s1. The van der Waals surface area contributed by atoms with Crippen LogP contribution in [0, 0.1) is 0 Å². The summed E-state index contributed by atoms with van der Waals surface area (Å²) in [5.74, 6) is 0.0391. The first-order valence-electron chi connectivity index (χ1n) is 12.0. The second-order valence-electron chi connectivity index (χ2n) is 9.03. The summed E-state index contributed by atoms with van der Waals surface area (Å²) in [5, 5.41) is 11.9. The van der Waals surface area contributed by atoms with E-state index in [1.54, 1.807) is 49.4 Å². The largest absolute Gasteiger partial charge is 0.461 e. The minimum atomic E-state index is -4.63. The molecule has 0 radical (unpaired) electrons. The zero-order valence-electron chi connectivity index (χ0n) is 20.8. The Labute approximate surface area is 223 Å². The Bertz CT molecular complexity index is 1850. The molecule has 5 aromatic heterocycles. The molecule has 0 saturated heterocycles. The number of carbonyl (C=O) groups is 1. The van der Waals surface area contributed by atoms with E-state index in [4.69, 9.17) is 10.2 Å². The molecule has 6 rings (SSSR count). The summed E-state index contributed by atoms with van der Waals surface area (Å²) in [6.45, 7) is 1.12. The van der Waals surface area contributed by atoms with E-state index in [0.29, 0.717) is 22.4 Å². The number of fused-ring (bicyclic) bond motifs is 3. The maximum absolute atomic E-state index is 13.9. The Morgan fingerprint density at radius 2 is 1.85 bits per heavy atom. The van der Waals surface area contributed by atoms with Crippen molar-refractivity contribution >= 4 is 28.5 Å². The first-order valence-corrected chi connectivity index (χ1v) is 12.0. The summed E-state index contributed by atoms with van der Waals surface area (Å²) in [6.07, 6.45) is -0.425. The van der Waals surface area contributed by atoms with Crippen LogP contribution in [0.15, 0.2) is 77.7 Å². The number of aromatic nitrogens is 7. The average molecular weight is 548 g/mol. The molecule has 40 heavy (non-hydrogen) atoms. The molecule has 0 fully saturated rings. The molecule has 1 aromatic carbocycles. The molecule has 0 saturated carbocycles. The SMILES string of the molecule is C[C@](C(=O)NCc1ncccc1C(F)(F)F)(c1ccccc1)n1ncc2c1nc(N)n1nc(-c3ccco3)nc21. The number of pyridine rings is 1. The van der Waals surface area contributed by atoms with Gasteiger partial charge in [0.2, 0.25) is 11.8 Å². The summed E-state index contributed by atoms with van der Waals surface area (Å²) in [5.41, 5.74) is 4.48. The van der Waals surface area contributed by atoms with Crippen LogP contribution in [0.25, 0.3) is 28.3 Å². The molecule has 3 N–H and O–H groups in total. The number of furan rings is 1. The maximum atomic E-state index is 13.9. The third-order valence-electron chi connectivity index (χ3n) is 6.58. The lowest BCUT2D eigenvalue weighted by atomic mass is 9.91. The molecule has 0 aliphatic heterocycles. The summed E-state index contributed by atoms with van der Waals surface area (Å²) in [4.78, 5) is 26.7. The quantitative estimate of drug-likeness (QED) is 0.321. The van der Waals surface area contributed by atoms with Crippen LogP contribution in [0.4, 0.5) is 19.1 Å². The van der Waals surface area contributed by atoms with Crippen LogP contribution in [0.3, 0.4) is 0 Å². The lowest BCUT2D eigenvalue weighted by molar-refractivity contribution is -0.139. The molecule has 202 valence electrons. The molecule has 14 heteroatoms. The average Bonchev–Trinajstić information content (AvgIpc) is 3.71. The molecule has 1 amide bonds. The summed E-state index contributed by atoms with van der Waals surface area (Å²) < 4.78 is 48.7. The van der Waals surface area contributed by atoms with Gasteiger partial charge >= 0.3 is 6.18 Å². The number of nitrogen functional groups attached to an aromatic ring is 1. The molecule has 0 unspecified atom stereocenters. The highest BCUT2D eigenvalue weighted by Gasteiger charge is 2.41. The van der Waals surface area contributed by atoms with Crippen molar-refractivity contribution < 1.29 is 22.4 Å². The zero-order valence-corrected chi connectivity index (χ0v) is 20.8. The van der Waals surface area contributed by atoms with Gasteiger partial charge in [-0.15, -0.1) is 5.10 Å². The van der Waals surface area contributed by atoms with Crippen molar-refractivity contribution in [3.8, 4) is 11.6 Å². The third-order valence-corrected chi connectivity index (χ3v) is 6.58. The van der Waals surface area contributed by atoms with Gasteiger partial charge in [0.25, 0.3) is 5.91 Å². The Balaban J connectivity index is 1.46. The second-order valence-corrected chi connectivity index (χ2v) is 9.03. The third kappa shape index (κ3) is 4.00. The van der Waals surface area contributed by atoms with E-state index in [1.165, 1.54) is 33.9 Å². The number of nitrogens with zero attached hydrogens (tertiary/aromatic N) is 7. The van der Waals surface area contributed by atoms with Gasteiger partial charge in [0.1, 0.15) is 0 Å². The molecule has 0 aliphatic carbocycles. The minimum absolute atomic E-state index is 0.0197. The molecule has 6 aromatic rings. The van der Waals surface area contributed by atoms with Crippen LogP contribution in [0.2, 0.25) is 0 Å². The van der Waals surface area contributed by atoms with Crippen LogP contribution < -0.4 is 11.1 Å². The number of nitrogens with one attached hydrogen (secondary N) is 1. The molecule has 5 heterocycles. The number of anilines is 1. The lowest BCUT2D eigenvalue weighted by Crippen LogP contribution is -2.48. The van der Waals surface area contributed by atoms with Gasteiger partial charge in [-0.25, -0.2) is 9.67 Å². The molecule has 0 aliphatic rings. The fraction of sp³-hybridized carbons (Fsp3) is 0.154. The van der Waals surface area contributed by atoms with Crippen molar-refractivity contribution in [3.63, 3.8) is 0 Å². The fourth-order valence-corrected chi connectivity index (χ4v) is 4.53. The topological polar surface area (TPSA) is 142 Å². The molecule has 0 bridgehead atoms. The number of nitrogens with two attached hydrogens (primary N) is 1. The van der Waals surface area contributed by atoms with E-state index in [2.05, 4.69) is 30.5 Å². The molecule has 0 spiro atoms. The predicted molar refractivity (Wildman–Crippen MR) is 136 cm³/mol. The highest BCUT2D eigenvalue weighted by atomic mass is 19.4. The summed E-state index contributed by atoms with van der Waals surface area (Å²) in [7, 11) is 0. The van der Waals surface area contributed by atoms with Crippen LogP contribution in [-0.4, -0.2) is 40.3 Å². The van der Waals surface area contributed by atoms with Gasteiger partial charge in [0.15, 0.2) is 22.6 Å². The van der Waals surface area contributed by atoms with Crippen molar-refractivity contribution in [2.45, 2.75) is 25.2 Å². The predicted octanol–water partition coefficient (Wildman–Crippen LogP) is 3.81. The van der Waals surface area contributed by atoms with Gasteiger partial charge in [0, 0.05) is 6.20 Å². The van der Waals surface area contributed by atoms with E-state index in [0.717, 1.165) is 6.07 Å². The Hall–Kier alpha value is -5.27. The Morgan fingerprint density at radius 3 is 2.58 bits per heavy atom. The highest BCUT2D eigenvalue weighted by Crippen LogP contribution is 2.33. The van der Waals surface area contributed by atoms with Crippen LogP contribution in [-0.2, 0) is 23.1 Å². The van der Waals surface area contributed by atoms with E-state index in [1.807, 2.05) is 0 Å². The van der Waals surface area contributed by atoms with Gasteiger partial charge in [0.05, 0.1) is 35.6 Å². The molecule has 11 nitrogen and oxygen atoms in total. The van der Waals surface area contributed by atoms with Gasteiger partial charge in [-0.3, -0.25) is 9.78 Å². The number of hydrogen-bond acceptors (Lipinski definition) is 8. The lowest BCUT2D eigenvalue weighted by Gasteiger charge is -2.30. The summed E-state index contributed by atoms with van der Waals surface area (Å²) >= 11 is 0. The number of alkyl halides is 3. The second kappa shape index (κ2) is 9.18. The van der Waals surface area contributed by atoms with Gasteiger partial charge in [-0.05, 0) is 36.8 Å². The van der Waals surface area contributed by atoms with Gasteiger partial charge < -0.3 is 15.5 Å².